The maximum absolute atomic E-state index is 10.0. The van der Waals surface area contributed by atoms with Gasteiger partial charge < -0.3 is 9.84 Å². The van der Waals surface area contributed by atoms with Gasteiger partial charge in [0, 0.05) is 12.3 Å². The second kappa shape index (κ2) is 7.43. The molecule has 20 heavy (non-hydrogen) atoms. The maximum atomic E-state index is 10.0. The monoisotopic (exact) mass is 275 g/mol. The van der Waals surface area contributed by atoms with E-state index in [4.69, 9.17) is 4.74 Å². The third-order valence-corrected chi connectivity index (χ3v) is 3.00. The average Bonchev–Trinajstić information content (AvgIpc) is 2.48. The van der Waals surface area contributed by atoms with Gasteiger partial charge in [-0.1, -0.05) is 26.2 Å². The summed E-state index contributed by atoms with van der Waals surface area (Å²) in [6, 6.07) is 5.23. The molecule has 108 valence electrons. The lowest BCUT2D eigenvalue weighted by molar-refractivity contribution is 0.303. The Kier molecular flexibility index (Phi) is 5.29. The number of ether oxygens (including phenoxy) is 1. The van der Waals surface area contributed by atoms with Crippen LogP contribution in [0.3, 0.4) is 0 Å². The summed E-state index contributed by atoms with van der Waals surface area (Å²) in [4.78, 5) is 0. The normalized spacial score (nSPS) is 13.3. The average molecular weight is 275 g/mol. The zero-order valence-corrected chi connectivity index (χ0v) is 11.7. The van der Waals surface area contributed by atoms with Crippen molar-refractivity contribution in [2.75, 3.05) is 11.7 Å². The summed E-state index contributed by atoms with van der Waals surface area (Å²) in [5.74, 6) is 0.815. The van der Waals surface area contributed by atoms with Crippen LogP contribution in [0, 0.1) is 0 Å². The number of nitrogens with zero attached hydrogens (tertiary/aromatic N) is 2. The summed E-state index contributed by atoms with van der Waals surface area (Å²) in [7, 11) is 0. The van der Waals surface area contributed by atoms with Gasteiger partial charge in [0.1, 0.15) is 17.2 Å². The van der Waals surface area contributed by atoms with Crippen LogP contribution in [0.1, 0.15) is 32.6 Å². The van der Waals surface area contributed by atoms with E-state index in [0.717, 1.165) is 6.42 Å². The van der Waals surface area contributed by atoms with Crippen LogP contribution in [-0.4, -0.2) is 17.9 Å². The summed E-state index contributed by atoms with van der Waals surface area (Å²) in [6.07, 6.45) is 9.84. The van der Waals surface area contributed by atoms with E-state index in [1.165, 1.54) is 24.4 Å². The molecule has 0 aromatic heterocycles. The van der Waals surface area contributed by atoms with Gasteiger partial charge in [0.15, 0.2) is 0 Å². The van der Waals surface area contributed by atoms with Gasteiger partial charge in [-0.3, -0.25) is 5.43 Å². The van der Waals surface area contributed by atoms with E-state index in [0.29, 0.717) is 18.0 Å². The number of allylic oxidation sites excluding steroid dienone is 1. The fourth-order valence-electron chi connectivity index (χ4n) is 1.92. The Balaban J connectivity index is 1.89. The second-order valence-corrected chi connectivity index (χ2v) is 4.62. The topological polar surface area (TPSA) is 57.1 Å². The van der Waals surface area contributed by atoms with E-state index in [9.17, 15) is 5.11 Å². The van der Waals surface area contributed by atoms with E-state index in [1.54, 1.807) is 30.6 Å². The van der Waals surface area contributed by atoms with Crippen LogP contribution in [-0.2, 0) is 0 Å². The van der Waals surface area contributed by atoms with E-state index in [-0.39, 0.29) is 5.75 Å². The number of nitrogens with one attached hydrogen (secondary N) is 1. The first kappa shape index (κ1) is 14.2. The van der Waals surface area contributed by atoms with Crippen LogP contribution in [0.25, 0.3) is 0 Å². The first-order valence-electron chi connectivity index (χ1n) is 7.02. The number of unbranched alkanes of at least 4 members (excludes halogenated alkanes) is 3. The molecule has 1 heterocycles. The zero-order chi connectivity index (χ0) is 14.2. The quantitative estimate of drug-likeness (QED) is 0.750. The van der Waals surface area contributed by atoms with E-state index in [1.807, 2.05) is 6.07 Å². The molecular weight excluding hydrogens is 254 g/mol. The number of aromatic hydroxyl groups is 1. The number of hydrazine groups is 1. The van der Waals surface area contributed by atoms with Gasteiger partial charge in [-0.25, -0.2) is 0 Å². The predicted octanol–water partition coefficient (Wildman–Crippen LogP) is 3.18. The predicted molar refractivity (Wildman–Crippen MR) is 81.0 cm³/mol. The smallest absolute Gasteiger partial charge is 0.146 e. The van der Waals surface area contributed by atoms with Crippen molar-refractivity contribution in [2.24, 2.45) is 5.10 Å². The lowest BCUT2D eigenvalue weighted by Gasteiger charge is -2.21. The Morgan fingerprint density at radius 3 is 2.90 bits per heavy atom. The van der Waals surface area contributed by atoms with Crippen molar-refractivity contribution in [3.63, 3.8) is 0 Å². The summed E-state index contributed by atoms with van der Waals surface area (Å²) in [6.45, 7) is 2.87. The molecule has 0 atom stereocenters. The Labute approximate surface area is 119 Å². The zero-order valence-electron chi connectivity index (χ0n) is 11.7. The number of hydrogen-bond acceptors (Lipinski definition) is 5. The van der Waals surface area contributed by atoms with Crippen LogP contribution in [0.2, 0.25) is 0 Å². The minimum atomic E-state index is 0.135. The second-order valence-electron chi connectivity index (χ2n) is 4.62. The molecule has 0 saturated heterocycles. The molecule has 0 saturated carbocycles. The Morgan fingerprint density at radius 1 is 1.30 bits per heavy atom. The molecule has 5 heteroatoms. The fraction of sp³-hybridized carbons (Fsp3) is 0.400. The van der Waals surface area contributed by atoms with Crippen molar-refractivity contribution in [3.8, 4) is 11.5 Å². The number of hydrogen-bond donors (Lipinski definition) is 2. The van der Waals surface area contributed by atoms with Crippen LogP contribution >= 0.6 is 0 Å². The first-order chi connectivity index (χ1) is 9.81. The van der Waals surface area contributed by atoms with Crippen molar-refractivity contribution >= 4 is 11.9 Å². The van der Waals surface area contributed by atoms with Crippen LogP contribution < -0.4 is 15.3 Å². The minimum absolute atomic E-state index is 0.135. The molecule has 0 unspecified atom stereocenters. The fourth-order valence-corrected chi connectivity index (χ4v) is 1.92. The van der Waals surface area contributed by atoms with Crippen molar-refractivity contribution in [3.05, 3.63) is 30.5 Å². The number of benzene rings is 1. The third-order valence-electron chi connectivity index (χ3n) is 3.00. The molecule has 1 aromatic carbocycles. The molecular formula is C15H21N3O2. The number of anilines is 1. The van der Waals surface area contributed by atoms with Crippen molar-refractivity contribution in [2.45, 2.75) is 32.6 Å². The van der Waals surface area contributed by atoms with Crippen molar-refractivity contribution in [1.82, 2.24) is 5.43 Å². The van der Waals surface area contributed by atoms with Gasteiger partial charge >= 0.3 is 0 Å². The SMILES string of the molecule is CCCCCCOc1ccc(N2N=CC=CN2)c(O)c1. The standard InChI is InChI=1S/C15H21N3O2/c1-2-3-4-5-11-20-13-7-8-14(15(19)12-13)18-16-9-6-10-17-18/h6-10,12,16,19H,2-5,11H2,1H3. The molecule has 0 amide bonds. The largest absolute Gasteiger partial charge is 0.505 e. The van der Waals surface area contributed by atoms with Crippen molar-refractivity contribution in [1.29, 1.82) is 0 Å². The number of rotatable bonds is 7. The van der Waals surface area contributed by atoms with Gasteiger partial charge in [0.25, 0.3) is 0 Å². The van der Waals surface area contributed by atoms with Crippen LogP contribution in [0.15, 0.2) is 35.6 Å². The number of hydrazone groups is 1. The van der Waals surface area contributed by atoms with Crippen LogP contribution in [0.5, 0.6) is 11.5 Å². The molecule has 0 spiro atoms. The molecule has 0 aliphatic carbocycles. The lowest BCUT2D eigenvalue weighted by Crippen LogP contribution is -2.30. The van der Waals surface area contributed by atoms with E-state index < -0.39 is 0 Å². The van der Waals surface area contributed by atoms with Gasteiger partial charge in [-0.05, 0) is 24.6 Å². The molecule has 2 N–H and O–H groups in total. The highest BCUT2D eigenvalue weighted by atomic mass is 16.5. The lowest BCUT2D eigenvalue weighted by atomic mass is 10.2. The Morgan fingerprint density at radius 2 is 2.20 bits per heavy atom. The molecule has 0 bridgehead atoms. The highest BCUT2D eigenvalue weighted by Gasteiger charge is 2.11. The van der Waals surface area contributed by atoms with E-state index in [2.05, 4.69) is 17.5 Å². The molecule has 1 aliphatic rings. The van der Waals surface area contributed by atoms with E-state index >= 15 is 0 Å². The highest BCUT2D eigenvalue weighted by molar-refractivity contribution is 5.74. The summed E-state index contributed by atoms with van der Waals surface area (Å²) in [5.41, 5.74) is 3.50. The molecule has 1 aliphatic heterocycles. The van der Waals surface area contributed by atoms with Crippen molar-refractivity contribution < 1.29 is 9.84 Å². The van der Waals surface area contributed by atoms with Gasteiger partial charge in [0.05, 0.1) is 12.8 Å². The maximum Gasteiger partial charge on any atom is 0.146 e. The molecule has 5 nitrogen and oxygen atoms in total. The molecule has 0 radical (unpaired) electrons. The molecule has 2 rings (SSSR count). The Hall–Kier alpha value is -2.17. The third kappa shape index (κ3) is 3.91. The van der Waals surface area contributed by atoms with Crippen LogP contribution in [0.4, 0.5) is 5.69 Å². The Bertz CT molecular complexity index is 486. The van der Waals surface area contributed by atoms with Gasteiger partial charge in [-0.2, -0.15) is 10.2 Å². The summed E-state index contributed by atoms with van der Waals surface area (Å²) in [5, 5.41) is 15.6. The molecule has 1 aromatic rings. The summed E-state index contributed by atoms with van der Waals surface area (Å²) >= 11 is 0. The number of phenols is 1. The van der Waals surface area contributed by atoms with Gasteiger partial charge in [0.2, 0.25) is 0 Å². The first-order valence-corrected chi connectivity index (χ1v) is 7.02. The summed E-state index contributed by atoms with van der Waals surface area (Å²) < 4.78 is 5.62. The highest BCUT2D eigenvalue weighted by Crippen LogP contribution is 2.31. The van der Waals surface area contributed by atoms with Gasteiger partial charge in [-0.15, -0.1) is 0 Å². The molecule has 0 fully saturated rings. The minimum Gasteiger partial charge on any atom is -0.505 e. The number of phenolic OH excluding ortho intramolecular Hbond substituents is 1.